The third kappa shape index (κ3) is 347. The van der Waals surface area contributed by atoms with Gasteiger partial charge in [-0.2, -0.15) is 5.10 Å². The Hall–Kier alpha value is -1.62. The number of hydrazone groups is 1. The smallest absolute Gasteiger partial charge is 0.360 e. The van der Waals surface area contributed by atoms with Gasteiger partial charge >= 0.3 is 5.96 Å². The Morgan fingerprint density at radius 2 is 1.50 bits per heavy atom. The lowest BCUT2D eigenvalue weighted by atomic mass is 11.1. The summed E-state index contributed by atoms with van der Waals surface area (Å²) in [5.41, 5.74) is 23.0. The van der Waals surface area contributed by atoms with Crippen LogP contribution in [0.5, 0.6) is 0 Å². The van der Waals surface area contributed by atoms with E-state index >= 15 is 0 Å². The highest BCUT2D eigenvalue weighted by molar-refractivity contribution is 5.68. The van der Waals surface area contributed by atoms with E-state index in [-0.39, 0.29) is 5.96 Å². The average molecular weight is 117 g/mol. The molecule has 7 N–H and O–H groups in total. The molecule has 0 atom stereocenters. The van der Waals surface area contributed by atoms with Gasteiger partial charge < -0.3 is 11.1 Å². The number of rotatable bonds is 0. The first-order chi connectivity index (χ1) is 3.68. The maximum absolute atomic E-state index is 6.75. The summed E-state index contributed by atoms with van der Waals surface area (Å²) in [5.74, 6) is 4.67. The van der Waals surface area contributed by atoms with Crippen LogP contribution in [0.2, 0.25) is 0 Å². The van der Waals surface area contributed by atoms with Crippen molar-refractivity contribution in [3.63, 3.8) is 0 Å². The van der Waals surface area contributed by atoms with Gasteiger partial charge in [-0.05, 0) is 0 Å². The molecule has 0 aliphatic rings. The normalized spacial score (nSPS) is 5.00. The van der Waals surface area contributed by atoms with Crippen LogP contribution in [0.25, 0.3) is 16.0 Å². The van der Waals surface area contributed by atoms with Gasteiger partial charge in [0.15, 0.2) is 0 Å². The molecule has 0 aromatic heterocycles. The fourth-order valence-corrected chi connectivity index (χ4v) is 0. The zero-order valence-corrected chi connectivity index (χ0v) is 4.07. The van der Waals surface area contributed by atoms with Crippen molar-refractivity contribution in [2.75, 3.05) is 0 Å². The van der Waals surface area contributed by atoms with Crippen LogP contribution in [0.15, 0.2) is 0 Å². The maximum atomic E-state index is 6.75. The Balaban J connectivity index is 0. The fourth-order valence-electron chi connectivity index (χ4n) is 0. The van der Waals surface area contributed by atoms with Gasteiger partial charge in [0.2, 0.25) is 0 Å². The molecule has 0 aliphatic carbocycles. The van der Waals surface area contributed by atoms with Crippen molar-refractivity contribution in [2.24, 2.45) is 17.3 Å². The van der Waals surface area contributed by atoms with Gasteiger partial charge in [0, 0.05) is 0 Å². The topological polar surface area (TPSA) is 151 Å². The molecule has 0 saturated heterocycles. The largest absolute Gasteiger partial charge is 0.373 e. The number of hydrogen-bond acceptors (Lipinski definition) is 1. The van der Waals surface area contributed by atoms with Crippen molar-refractivity contribution in [3.8, 4) is 0 Å². The summed E-state index contributed by atoms with van der Waals surface area (Å²) in [7, 11) is 0. The first kappa shape index (κ1) is 9.63. The minimum absolute atomic E-state index is 0.0324. The lowest BCUT2D eigenvalue weighted by molar-refractivity contribution is -0.471. The second-order valence-corrected chi connectivity index (χ2v) is 0.689. The molecule has 8 heavy (non-hydrogen) atoms. The summed E-state index contributed by atoms with van der Waals surface area (Å²) >= 11 is 0. The Morgan fingerprint density at radius 3 is 1.50 bits per heavy atom. The Kier molecular flexibility index (Phi) is 10.9. The first-order valence-electron chi connectivity index (χ1n) is 1.52. The summed E-state index contributed by atoms with van der Waals surface area (Å²) in [6, 6.07) is 0. The summed E-state index contributed by atoms with van der Waals surface area (Å²) in [4.78, 5) is 1.50. The third-order valence-corrected chi connectivity index (χ3v) is 0.167. The Morgan fingerprint density at radius 1 is 1.38 bits per heavy atom. The number of nitrogens with one attached hydrogen (secondary N) is 1. The van der Waals surface area contributed by atoms with E-state index in [1.54, 1.807) is 0 Å². The van der Waals surface area contributed by atoms with E-state index in [1.807, 2.05) is 5.10 Å². The number of hydrazine groups is 1. The summed E-state index contributed by atoms with van der Waals surface area (Å²) < 4.78 is 0. The van der Waals surface area contributed by atoms with Crippen LogP contribution in [-0.4, -0.2) is 5.96 Å². The molecule has 0 aromatic rings. The molecule has 7 nitrogen and oxygen atoms in total. The molecular formula is CH7N7. The molecule has 0 saturated carbocycles. The van der Waals surface area contributed by atoms with Crippen LogP contribution in [0.1, 0.15) is 0 Å². The predicted molar refractivity (Wildman–Crippen MR) is 28.6 cm³/mol. The third-order valence-electron chi connectivity index (χ3n) is 0.167. The van der Waals surface area contributed by atoms with Crippen LogP contribution in [0.4, 0.5) is 0 Å². The molecule has 0 spiro atoms. The summed E-state index contributed by atoms with van der Waals surface area (Å²) in [6.45, 7) is 0. The highest BCUT2D eigenvalue weighted by Crippen LogP contribution is 1.29. The molecule has 0 aromatic carbocycles. The van der Waals surface area contributed by atoms with E-state index in [1.165, 1.54) is 4.91 Å². The Labute approximate surface area is 45.6 Å². The fraction of sp³-hybridized carbons (Fsp3) is 0. The average Bonchev–Trinajstić information content (AvgIpc) is 1.69. The number of guanidine groups is 1. The zero-order chi connectivity index (χ0) is 6.99. The molecular weight excluding hydrogens is 110 g/mol. The lowest BCUT2D eigenvalue weighted by Gasteiger charge is -1.69. The molecule has 46 valence electrons. The zero-order valence-electron chi connectivity index (χ0n) is 4.07. The SMILES string of the molecule is N[NH+]=C(N)N.[N-]=[N+]=[N-]. The molecule has 0 radical (unpaired) electrons. The number of nitrogens with two attached hydrogens (primary N) is 3. The minimum atomic E-state index is 0.0324. The van der Waals surface area contributed by atoms with Gasteiger partial charge in [0.25, 0.3) is 0 Å². The molecule has 0 aliphatic heterocycles. The Bertz CT molecular complexity index is 91.0. The molecule has 7 heteroatoms. The highest BCUT2D eigenvalue weighted by atomic mass is 15.2. The molecule has 0 unspecified atom stereocenters. The predicted octanol–water partition coefficient (Wildman–Crippen LogP) is -2.92. The van der Waals surface area contributed by atoms with Gasteiger partial charge in [-0.25, -0.2) is 0 Å². The van der Waals surface area contributed by atoms with E-state index < -0.39 is 0 Å². The molecule has 0 rings (SSSR count). The second kappa shape index (κ2) is 9.03. The van der Waals surface area contributed by atoms with Crippen LogP contribution in [0.3, 0.4) is 0 Å². The summed E-state index contributed by atoms with van der Waals surface area (Å²) in [6.07, 6.45) is 0. The highest BCUT2D eigenvalue weighted by Gasteiger charge is 1.72. The number of hydrogen-bond donors (Lipinski definition) is 4. The van der Waals surface area contributed by atoms with Gasteiger partial charge in [0.1, 0.15) is 0 Å². The van der Waals surface area contributed by atoms with Crippen molar-refractivity contribution >= 4 is 5.96 Å². The molecule has 0 amide bonds. The van der Waals surface area contributed by atoms with Crippen LogP contribution < -0.4 is 22.4 Å². The van der Waals surface area contributed by atoms with Crippen LogP contribution in [-0.2, 0) is 0 Å². The van der Waals surface area contributed by atoms with E-state index in [0.29, 0.717) is 0 Å². The van der Waals surface area contributed by atoms with Gasteiger partial charge in [-0.1, -0.05) is 0 Å². The van der Waals surface area contributed by atoms with Gasteiger partial charge in [-0.3, -0.25) is 22.2 Å². The number of nitrogens with zero attached hydrogens (tertiary/aromatic N) is 3. The van der Waals surface area contributed by atoms with Gasteiger partial charge in [0.05, 0.1) is 0 Å². The van der Waals surface area contributed by atoms with E-state index in [2.05, 4.69) is 5.84 Å². The van der Waals surface area contributed by atoms with E-state index in [4.69, 9.17) is 22.5 Å². The molecule has 0 fully saturated rings. The van der Waals surface area contributed by atoms with Crippen molar-refractivity contribution in [2.45, 2.75) is 0 Å². The molecule has 0 heterocycles. The monoisotopic (exact) mass is 117 g/mol. The van der Waals surface area contributed by atoms with Crippen LogP contribution >= 0.6 is 0 Å². The first-order valence-corrected chi connectivity index (χ1v) is 1.52. The standard InChI is InChI=1S/CH6N4.N3/c2-1(3)5-4;1-3-2/h4H2,(H4,2,3,5);/q;-1/p+1. The van der Waals surface area contributed by atoms with Crippen molar-refractivity contribution in [1.82, 2.24) is 0 Å². The van der Waals surface area contributed by atoms with Gasteiger partial charge in [-0.15, -0.1) is 0 Å². The molecule has 0 bridgehead atoms. The van der Waals surface area contributed by atoms with Crippen molar-refractivity contribution in [3.05, 3.63) is 16.0 Å². The van der Waals surface area contributed by atoms with E-state index in [0.717, 1.165) is 0 Å². The lowest BCUT2D eigenvalue weighted by Crippen LogP contribution is -2.84. The second-order valence-electron chi connectivity index (χ2n) is 0.689. The maximum Gasteiger partial charge on any atom is 0.360 e. The van der Waals surface area contributed by atoms with Crippen LogP contribution in [0, 0.1) is 0 Å². The van der Waals surface area contributed by atoms with Crippen molar-refractivity contribution in [1.29, 1.82) is 0 Å². The van der Waals surface area contributed by atoms with E-state index in [9.17, 15) is 0 Å². The van der Waals surface area contributed by atoms with Crippen molar-refractivity contribution < 1.29 is 5.10 Å². The summed E-state index contributed by atoms with van der Waals surface area (Å²) in [5, 5.41) is 2.00. The minimum Gasteiger partial charge on any atom is -0.373 e. The quantitative estimate of drug-likeness (QED) is 0.0511.